The number of aromatic hydroxyl groups is 1. The van der Waals surface area contributed by atoms with Crippen LogP contribution in [0.15, 0.2) is 36.7 Å². The maximum Gasteiger partial charge on any atom is 0.167 e. The highest BCUT2D eigenvalue weighted by molar-refractivity contribution is 5.98. The Morgan fingerprint density at radius 3 is 2.69 bits per heavy atom. The van der Waals surface area contributed by atoms with Crippen molar-refractivity contribution in [2.24, 2.45) is 0 Å². The molecule has 1 aliphatic rings. The number of aromatic nitrogens is 4. The molecule has 29 heavy (non-hydrogen) atoms. The normalized spacial score (nSPS) is 15.8. The summed E-state index contributed by atoms with van der Waals surface area (Å²) in [4.78, 5) is 8.45. The summed E-state index contributed by atoms with van der Waals surface area (Å²) in [5.74, 6) is -1.14. The van der Waals surface area contributed by atoms with Crippen molar-refractivity contribution in [3.8, 4) is 17.0 Å². The van der Waals surface area contributed by atoms with E-state index in [1.165, 1.54) is 18.5 Å². The second-order valence-electron chi connectivity index (χ2n) is 7.35. The molecule has 0 fully saturated rings. The van der Waals surface area contributed by atoms with E-state index in [-0.39, 0.29) is 17.7 Å². The van der Waals surface area contributed by atoms with Crippen molar-refractivity contribution in [1.29, 1.82) is 0 Å². The van der Waals surface area contributed by atoms with Crippen LogP contribution >= 0.6 is 0 Å². The number of hydrogen-bond donors (Lipinski definition) is 2. The highest BCUT2D eigenvalue weighted by Crippen LogP contribution is 2.38. The van der Waals surface area contributed by atoms with Gasteiger partial charge >= 0.3 is 0 Å². The summed E-state index contributed by atoms with van der Waals surface area (Å²) < 4.78 is 29.3. The molecule has 1 aliphatic carbocycles. The number of nitrogen functional groups attached to an aromatic ring is 1. The Morgan fingerprint density at radius 1 is 1.10 bits per heavy atom. The van der Waals surface area contributed by atoms with Crippen LogP contribution in [-0.2, 0) is 12.8 Å². The van der Waals surface area contributed by atoms with Crippen LogP contribution in [-0.4, -0.2) is 24.9 Å². The van der Waals surface area contributed by atoms with Gasteiger partial charge in [-0.1, -0.05) is 6.07 Å². The van der Waals surface area contributed by atoms with Crippen molar-refractivity contribution in [3.05, 3.63) is 65.0 Å². The molecule has 6 nitrogen and oxygen atoms in total. The lowest BCUT2D eigenvalue weighted by Crippen LogP contribution is -2.11. The van der Waals surface area contributed by atoms with Crippen LogP contribution in [0, 0.1) is 18.6 Å². The van der Waals surface area contributed by atoms with Crippen LogP contribution in [0.5, 0.6) is 5.75 Å². The molecule has 8 heteroatoms. The number of phenolic OH excluding ortho intramolecular Hbond substituents is 1. The standard InChI is InChI=1S/C21H17F2N5O/c1-10-4-13(8-16(29)18(10)23)19-17-20(24)25-9-26-21(17)28(27-19)15-6-11-2-3-14(22)5-12(11)7-15/h2-5,8-9,15,29H,6-7H2,1H3,(H2,24,25,26). The fourth-order valence-electron chi connectivity index (χ4n) is 4.08. The molecule has 2 aromatic carbocycles. The van der Waals surface area contributed by atoms with Crippen LogP contribution in [0.25, 0.3) is 22.3 Å². The van der Waals surface area contributed by atoms with Gasteiger partial charge in [0.15, 0.2) is 17.2 Å². The van der Waals surface area contributed by atoms with Gasteiger partial charge in [-0.2, -0.15) is 5.10 Å². The average Bonchev–Trinajstić information content (AvgIpc) is 3.27. The third-order valence-electron chi connectivity index (χ3n) is 5.45. The zero-order chi connectivity index (χ0) is 20.3. The zero-order valence-electron chi connectivity index (χ0n) is 15.5. The Kier molecular flexibility index (Phi) is 3.77. The highest BCUT2D eigenvalue weighted by atomic mass is 19.1. The Morgan fingerprint density at radius 2 is 1.90 bits per heavy atom. The molecule has 4 aromatic rings. The summed E-state index contributed by atoms with van der Waals surface area (Å²) in [6, 6.07) is 7.66. The summed E-state index contributed by atoms with van der Waals surface area (Å²) in [6.45, 7) is 1.57. The molecule has 2 heterocycles. The van der Waals surface area contributed by atoms with Crippen LogP contribution in [0.1, 0.15) is 22.7 Å². The Hall–Kier alpha value is -3.55. The lowest BCUT2D eigenvalue weighted by Gasteiger charge is -2.10. The van der Waals surface area contributed by atoms with Gasteiger partial charge in [-0.05, 0) is 60.7 Å². The number of fused-ring (bicyclic) bond motifs is 2. The molecular formula is C21H17F2N5O. The summed E-state index contributed by atoms with van der Waals surface area (Å²) >= 11 is 0. The number of anilines is 1. The molecule has 2 aromatic heterocycles. The van der Waals surface area contributed by atoms with Gasteiger partial charge in [0.25, 0.3) is 0 Å². The Bertz CT molecular complexity index is 1260. The summed E-state index contributed by atoms with van der Waals surface area (Å²) in [6.07, 6.45) is 2.67. The van der Waals surface area contributed by atoms with Crippen molar-refractivity contribution in [1.82, 2.24) is 19.7 Å². The maximum absolute atomic E-state index is 13.9. The van der Waals surface area contributed by atoms with Gasteiger partial charge in [0.1, 0.15) is 23.7 Å². The van der Waals surface area contributed by atoms with E-state index in [2.05, 4.69) is 9.97 Å². The quantitative estimate of drug-likeness (QED) is 0.542. The van der Waals surface area contributed by atoms with Gasteiger partial charge in [0, 0.05) is 5.56 Å². The SMILES string of the molecule is Cc1cc(-c2nn(C3Cc4ccc(F)cc4C3)c3ncnc(N)c23)cc(O)c1F. The molecule has 5 rings (SSSR count). The first-order valence-corrected chi connectivity index (χ1v) is 9.18. The molecule has 1 atom stereocenters. The number of hydrogen-bond acceptors (Lipinski definition) is 5. The van der Waals surface area contributed by atoms with Crippen molar-refractivity contribution < 1.29 is 13.9 Å². The highest BCUT2D eigenvalue weighted by Gasteiger charge is 2.28. The van der Waals surface area contributed by atoms with E-state index in [0.717, 1.165) is 11.1 Å². The van der Waals surface area contributed by atoms with Crippen LogP contribution in [0.2, 0.25) is 0 Å². The fraction of sp³-hybridized carbons (Fsp3) is 0.190. The number of rotatable bonds is 2. The first-order valence-electron chi connectivity index (χ1n) is 9.18. The van der Waals surface area contributed by atoms with E-state index >= 15 is 0 Å². The molecule has 1 unspecified atom stereocenters. The number of halogens is 2. The van der Waals surface area contributed by atoms with E-state index in [1.807, 2.05) is 0 Å². The minimum Gasteiger partial charge on any atom is -0.505 e. The molecule has 3 N–H and O–H groups in total. The smallest absolute Gasteiger partial charge is 0.167 e. The van der Waals surface area contributed by atoms with E-state index in [4.69, 9.17) is 10.8 Å². The fourth-order valence-corrected chi connectivity index (χ4v) is 4.08. The number of nitrogens with zero attached hydrogens (tertiary/aromatic N) is 4. The molecule has 0 amide bonds. The van der Waals surface area contributed by atoms with Gasteiger partial charge in [-0.3, -0.25) is 0 Å². The predicted octanol–water partition coefficient (Wildman–Crippen LogP) is 3.71. The molecule has 0 spiro atoms. The van der Waals surface area contributed by atoms with Gasteiger partial charge in [0.2, 0.25) is 0 Å². The zero-order valence-corrected chi connectivity index (χ0v) is 15.5. The minimum absolute atomic E-state index is 0.0625. The number of phenols is 1. The first kappa shape index (κ1) is 17.5. The number of aryl methyl sites for hydroxylation is 1. The van der Waals surface area contributed by atoms with E-state index in [9.17, 15) is 13.9 Å². The molecule has 0 bridgehead atoms. The third-order valence-corrected chi connectivity index (χ3v) is 5.45. The summed E-state index contributed by atoms with van der Waals surface area (Å²) in [5, 5.41) is 15.2. The molecule has 0 saturated carbocycles. The van der Waals surface area contributed by atoms with Crippen molar-refractivity contribution in [2.45, 2.75) is 25.8 Å². The lowest BCUT2D eigenvalue weighted by molar-refractivity contribution is 0.430. The summed E-state index contributed by atoms with van der Waals surface area (Å²) in [5.41, 5.74) is 9.97. The van der Waals surface area contributed by atoms with Crippen LogP contribution in [0.4, 0.5) is 14.6 Å². The predicted molar refractivity (Wildman–Crippen MR) is 104 cm³/mol. The van der Waals surface area contributed by atoms with Crippen LogP contribution in [0.3, 0.4) is 0 Å². The minimum atomic E-state index is -0.671. The molecule has 0 aliphatic heterocycles. The van der Waals surface area contributed by atoms with Gasteiger partial charge in [0.05, 0.1) is 11.4 Å². The van der Waals surface area contributed by atoms with Crippen molar-refractivity contribution in [2.75, 3.05) is 5.73 Å². The van der Waals surface area contributed by atoms with Gasteiger partial charge in [-0.25, -0.2) is 23.4 Å². The van der Waals surface area contributed by atoms with Gasteiger partial charge in [-0.15, -0.1) is 0 Å². The summed E-state index contributed by atoms with van der Waals surface area (Å²) in [7, 11) is 0. The average molecular weight is 393 g/mol. The van der Waals surface area contributed by atoms with Crippen molar-refractivity contribution >= 4 is 16.9 Å². The van der Waals surface area contributed by atoms with Gasteiger partial charge < -0.3 is 10.8 Å². The second-order valence-corrected chi connectivity index (χ2v) is 7.35. The number of nitrogens with two attached hydrogens (primary N) is 1. The van der Waals surface area contributed by atoms with E-state index in [0.29, 0.717) is 40.7 Å². The number of benzene rings is 2. The largest absolute Gasteiger partial charge is 0.505 e. The maximum atomic E-state index is 13.9. The van der Waals surface area contributed by atoms with Crippen molar-refractivity contribution in [3.63, 3.8) is 0 Å². The topological polar surface area (TPSA) is 89.9 Å². The van der Waals surface area contributed by atoms with E-state index < -0.39 is 11.6 Å². The first-order chi connectivity index (χ1) is 13.9. The van der Waals surface area contributed by atoms with E-state index in [1.54, 1.807) is 29.8 Å². The van der Waals surface area contributed by atoms with Crippen LogP contribution < -0.4 is 5.73 Å². The lowest BCUT2D eigenvalue weighted by atomic mass is 10.1. The Labute approximate surface area is 164 Å². The third kappa shape index (κ3) is 2.71. The molecule has 0 saturated heterocycles. The molecule has 0 radical (unpaired) electrons. The Balaban J connectivity index is 1.68. The molecular weight excluding hydrogens is 376 g/mol. The monoisotopic (exact) mass is 393 g/mol. The second kappa shape index (κ2) is 6.23. The molecule has 146 valence electrons.